The molecule has 8 nitrogen and oxygen atoms in total. The number of carbonyl (C=O) groups is 1. The number of piperidine rings is 1. The van der Waals surface area contributed by atoms with Gasteiger partial charge in [0.2, 0.25) is 0 Å². The van der Waals surface area contributed by atoms with Crippen molar-refractivity contribution in [1.29, 1.82) is 5.26 Å². The molecule has 1 saturated carbocycles. The van der Waals surface area contributed by atoms with E-state index in [1.54, 1.807) is 13.0 Å². The number of anilines is 1. The molecule has 3 aliphatic rings. The standard InChI is InChI=1S/C25H26ClN7OS/c1-16(12-20(26)22(14-27)28-2)32-23(34)25(8-3-9-25)33(24(32)35)19-4-5-21-17(13-19)15-31(30-21)18-6-10-29-11-7-18/h4-5,12-13,15,18,29H,2-3,6-11H2,1H3/b16-12+,22-20+. The number of rotatable bonds is 5. The molecule has 0 unspecified atom stereocenters. The summed E-state index contributed by atoms with van der Waals surface area (Å²) in [6.07, 6.45) is 8.16. The third-order valence-electron chi connectivity index (χ3n) is 7.22. The first-order valence-electron chi connectivity index (χ1n) is 11.7. The topological polar surface area (TPSA) is 89.6 Å². The van der Waals surface area contributed by atoms with Crippen LogP contribution >= 0.6 is 23.8 Å². The van der Waals surface area contributed by atoms with Crippen molar-refractivity contribution in [1.82, 2.24) is 20.0 Å². The quantitative estimate of drug-likeness (QED) is 0.279. The summed E-state index contributed by atoms with van der Waals surface area (Å²) in [5.41, 5.74) is 1.64. The number of aromatic nitrogens is 2. The lowest BCUT2D eigenvalue weighted by Gasteiger charge is -2.43. The van der Waals surface area contributed by atoms with E-state index in [9.17, 15) is 10.1 Å². The van der Waals surface area contributed by atoms with Gasteiger partial charge < -0.3 is 10.2 Å². The van der Waals surface area contributed by atoms with Gasteiger partial charge in [0, 0.05) is 23.0 Å². The second-order valence-electron chi connectivity index (χ2n) is 9.23. The molecule has 180 valence electrons. The van der Waals surface area contributed by atoms with Crippen molar-refractivity contribution in [2.75, 3.05) is 18.0 Å². The van der Waals surface area contributed by atoms with Crippen molar-refractivity contribution in [2.24, 2.45) is 4.99 Å². The molecular formula is C25H26ClN7OS. The van der Waals surface area contributed by atoms with Crippen LogP contribution < -0.4 is 10.2 Å². The van der Waals surface area contributed by atoms with Crippen molar-refractivity contribution in [3.8, 4) is 6.07 Å². The lowest BCUT2D eigenvalue weighted by atomic mass is 9.75. The summed E-state index contributed by atoms with van der Waals surface area (Å²) in [5.74, 6) is -0.0671. The third kappa shape index (κ3) is 3.86. The highest BCUT2D eigenvalue weighted by molar-refractivity contribution is 7.80. The SMILES string of the molecule is C=N/C(C#N)=C(Cl)\C=C(/C)N1C(=O)C2(CCC2)N(c2ccc3nn(C4CCNCC4)cc3c2)C1=S. The fraction of sp³-hybridized carbons (Fsp3) is 0.400. The molecule has 2 aliphatic heterocycles. The average molecular weight is 508 g/mol. The van der Waals surface area contributed by atoms with Crippen LogP contribution in [0.15, 0.2) is 51.9 Å². The summed E-state index contributed by atoms with van der Waals surface area (Å²) in [5, 5.41) is 18.9. The molecule has 3 heterocycles. The van der Waals surface area contributed by atoms with E-state index in [0.717, 1.165) is 61.8 Å². The second-order valence-corrected chi connectivity index (χ2v) is 10.0. The Morgan fingerprint density at radius 1 is 1.40 bits per heavy atom. The van der Waals surface area contributed by atoms with Gasteiger partial charge in [0.1, 0.15) is 11.6 Å². The van der Waals surface area contributed by atoms with Crippen LogP contribution in [0.1, 0.15) is 45.1 Å². The number of nitrogens with one attached hydrogen (secondary N) is 1. The molecule has 3 fully saturated rings. The maximum Gasteiger partial charge on any atom is 0.259 e. The van der Waals surface area contributed by atoms with Gasteiger partial charge in [-0.1, -0.05) is 11.6 Å². The molecular weight excluding hydrogens is 482 g/mol. The predicted molar refractivity (Wildman–Crippen MR) is 141 cm³/mol. The number of carbonyl (C=O) groups excluding carboxylic acids is 1. The Morgan fingerprint density at radius 2 is 2.14 bits per heavy atom. The Hall–Kier alpha value is -3.06. The van der Waals surface area contributed by atoms with Crippen LogP contribution in [0.3, 0.4) is 0 Å². The number of halogens is 1. The molecule has 0 bridgehead atoms. The number of thiocarbonyl (C=S) groups is 1. The molecule has 1 amide bonds. The van der Waals surface area contributed by atoms with Crippen molar-refractivity contribution < 1.29 is 4.79 Å². The minimum Gasteiger partial charge on any atom is -0.317 e. The monoisotopic (exact) mass is 507 g/mol. The minimum atomic E-state index is -0.699. The fourth-order valence-corrected chi connectivity index (χ4v) is 5.97. The summed E-state index contributed by atoms with van der Waals surface area (Å²) in [4.78, 5) is 20.8. The second kappa shape index (κ2) is 9.19. The first-order valence-corrected chi connectivity index (χ1v) is 12.5. The molecule has 1 spiro atoms. The van der Waals surface area contributed by atoms with Gasteiger partial charge >= 0.3 is 0 Å². The van der Waals surface area contributed by atoms with E-state index < -0.39 is 5.54 Å². The van der Waals surface area contributed by atoms with E-state index in [4.69, 9.17) is 28.9 Å². The van der Waals surface area contributed by atoms with Crippen LogP contribution in [0.4, 0.5) is 5.69 Å². The average Bonchev–Trinajstić information content (AvgIpc) is 3.35. The lowest BCUT2D eigenvalue weighted by Crippen LogP contribution is -2.55. The van der Waals surface area contributed by atoms with E-state index in [1.807, 2.05) is 23.1 Å². The van der Waals surface area contributed by atoms with Gasteiger partial charge in [-0.3, -0.25) is 19.4 Å². The molecule has 0 atom stereocenters. The van der Waals surface area contributed by atoms with Gasteiger partial charge in [0.05, 0.1) is 16.6 Å². The maximum absolute atomic E-state index is 13.7. The molecule has 2 aromatic rings. The smallest absolute Gasteiger partial charge is 0.259 e. The summed E-state index contributed by atoms with van der Waals surface area (Å²) >= 11 is 12.1. The number of amides is 1. The molecule has 0 radical (unpaired) electrons. The number of nitrogens with zero attached hydrogens (tertiary/aromatic N) is 6. The first-order chi connectivity index (χ1) is 16.9. The summed E-state index contributed by atoms with van der Waals surface area (Å²) < 4.78 is 2.08. The van der Waals surface area contributed by atoms with Crippen LogP contribution in [-0.2, 0) is 4.79 Å². The van der Waals surface area contributed by atoms with Gasteiger partial charge in [-0.15, -0.1) is 0 Å². The van der Waals surface area contributed by atoms with Crippen molar-refractivity contribution in [2.45, 2.75) is 50.6 Å². The van der Waals surface area contributed by atoms with Crippen LogP contribution in [0.2, 0.25) is 0 Å². The highest BCUT2D eigenvalue weighted by Crippen LogP contribution is 2.48. The van der Waals surface area contributed by atoms with E-state index >= 15 is 0 Å². The molecule has 1 N–H and O–H groups in total. The lowest BCUT2D eigenvalue weighted by molar-refractivity contribution is -0.131. The Morgan fingerprint density at radius 3 is 2.77 bits per heavy atom. The number of hydrogen-bond donors (Lipinski definition) is 1. The minimum absolute atomic E-state index is 0.00462. The van der Waals surface area contributed by atoms with Crippen molar-refractivity contribution >= 4 is 58.1 Å². The van der Waals surface area contributed by atoms with Crippen molar-refractivity contribution in [3.05, 3.63) is 46.9 Å². The Labute approximate surface area is 214 Å². The van der Waals surface area contributed by atoms with E-state index in [2.05, 4.69) is 34.0 Å². The Kier molecular flexibility index (Phi) is 6.21. The van der Waals surface area contributed by atoms with E-state index in [0.29, 0.717) is 16.9 Å². The predicted octanol–water partition coefficient (Wildman–Crippen LogP) is 4.40. The fourth-order valence-electron chi connectivity index (χ4n) is 5.20. The van der Waals surface area contributed by atoms with Crippen LogP contribution in [0, 0.1) is 11.3 Å². The zero-order chi connectivity index (χ0) is 24.7. The highest BCUT2D eigenvalue weighted by atomic mass is 35.5. The highest BCUT2D eigenvalue weighted by Gasteiger charge is 2.59. The largest absolute Gasteiger partial charge is 0.317 e. The number of nitriles is 1. The zero-order valence-corrected chi connectivity index (χ0v) is 21.1. The molecule has 1 aromatic carbocycles. The van der Waals surface area contributed by atoms with E-state index in [-0.39, 0.29) is 16.6 Å². The maximum atomic E-state index is 13.7. The van der Waals surface area contributed by atoms with Gasteiger partial charge in [-0.2, -0.15) is 10.4 Å². The summed E-state index contributed by atoms with van der Waals surface area (Å²) in [7, 11) is 0. The van der Waals surface area contributed by atoms with Gasteiger partial charge in [-0.05, 0) is 95.3 Å². The number of benzene rings is 1. The van der Waals surface area contributed by atoms with Gasteiger partial charge in [0.15, 0.2) is 10.8 Å². The number of aliphatic imine (C=N–C) groups is 1. The number of hydrogen-bond acceptors (Lipinski definition) is 6. The molecule has 5 rings (SSSR count). The molecule has 1 aliphatic carbocycles. The van der Waals surface area contributed by atoms with Crippen LogP contribution in [0.25, 0.3) is 10.9 Å². The van der Waals surface area contributed by atoms with E-state index in [1.165, 1.54) is 4.90 Å². The van der Waals surface area contributed by atoms with Gasteiger partial charge in [0.25, 0.3) is 5.91 Å². The van der Waals surface area contributed by atoms with Gasteiger partial charge in [-0.25, -0.2) is 0 Å². The van der Waals surface area contributed by atoms with Crippen LogP contribution in [-0.4, -0.2) is 51.0 Å². The Bertz CT molecular complexity index is 1330. The summed E-state index contributed by atoms with van der Waals surface area (Å²) in [6.45, 7) is 7.13. The third-order valence-corrected chi connectivity index (χ3v) is 7.87. The molecule has 2 saturated heterocycles. The first kappa shape index (κ1) is 23.7. The molecule has 35 heavy (non-hydrogen) atoms. The van der Waals surface area contributed by atoms with Crippen molar-refractivity contribution in [3.63, 3.8) is 0 Å². The summed E-state index contributed by atoms with van der Waals surface area (Å²) in [6, 6.07) is 8.36. The molecule has 10 heteroatoms. The zero-order valence-electron chi connectivity index (χ0n) is 19.5. The number of allylic oxidation sites excluding steroid dienone is 4. The number of fused-ring (bicyclic) bond motifs is 1. The normalized spacial score (nSPS) is 21.3. The molecule has 1 aromatic heterocycles. The van der Waals surface area contributed by atoms with Crippen LogP contribution in [0.5, 0.6) is 0 Å². The Balaban J connectivity index is 1.51.